The quantitative estimate of drug-likeness (QED) is 0.617. The van der Waals surface area contributed by atoms with E-state index in [4.69, 9.17) is 32.7 Å². The van der Waals surface area contributed by atoms with Crippen molar-refractivity contribution in [1.82, 2.24) is 0 Å². The van der Waals surface area contributed by atoms with Crippen LogP contribution in [0.5, 0.6) is 11.5 Å². The maximum absolute atomic E-state index is 13.0. The van der Waals surface area contributed by atoms with Crippen LogP contribution in [0.15, 0.2) is 34.1 Å². The van der Waals surface area contributed by atoms with Gasteiger partial charge in [0.25, 0.3) is 0 Å². The molecule has 27 heavy (non-hydrogen) atoms. The molecule has 2 aromatic carbocycles. The summed E-state index contributed by atoms with van der Waals surface area (Å²) >= 11 is 10.5. The lowest BCUT2D eigenvalue weighted by atomic mass is 10.1. The number of sulfone groups is 1. The third kappa shape index (κ3) is 4.61. The first kappa shape index (κ1) is 21.2. The molecule has 0 fully saturated rings. The molecule has 9 heteroatoms. The van der Waals surface area contributed by atoms with Gasteiger partial charge in [0.15, 0.2) is 0 Å². The lowest BCUT2D eigenvalue weighted by Gasteiger charge is -2.14. The van der Waals surface area contributed by atoms with Crippen LogP contribution in [0, 0.1) is 27.7 Å². The molecule has 0 radical (unpaired) electrons. The third-order valence-electron chi connectivity index (χ3n) is 3.85. The molecule has 0 atom stereocenters. The number of carbonyl (C=O) groups is 2. The molecule has 144 valence electrons. The molecule has 0 aliphatic heterocycles. The summed E-state index contributed by atoms with van der Waals surface area (Å²) in [6.45, 7) is 6.45. The van der Waals surface area contributed by atoms with E-state index in [1.54, 1.807) is 27.7 Å². The van der Waals surface area contributed by atoms with Crippen molar-refractivity contribution in [2.24, 2.45) is 0 Å². The van der Waals surface area contributed by atoms with Crippen molar-refractivity contribution in [1.29, 1.82) is 0 Å². The van der Waals surface area contributed by atoms with E-state index in [9.17, 15) is 18.0 Å². The second kappa shape index (κ2) is 7.88. The van der Waals surface area contributed by atoms with E-state index in [0.29, 0.717) is 22.3 Å². The Morgan fingerprint density at radius 2 is 0.963 bits per heavy atom. The zero-order chi connectivity index (χ0) is 20.5. The van der Waals surface area contributed by atoms with Gasteiger partial charge in [-0.05, 0) is 74.2 Å². The predicted molar refractivity (Wildman–Crippen MR) is 101 cm³/mol. The molecule has 0 spiro atoms. The van der Waals surface area contributed by atoms with Crippen LogP contribution in [0.4, 0.5) is 9.59 Å². The minimum absolute atomic E-state index is 0.0350. The molecule has 0 aromatic heterocycles. The average Bonchev–Trinajstić information content (AvgIpc) is 2.53. The average molecular weight is 431 g/mol. The summed E-state index contributed by atoms with van der Waals surface area (Å²) in [5, 5.41) is 0. The molecule has 0 unspecified atom stereocenters. The molecule has 0 bridgehead atoms. The highest BCUT2D eigenvalue weighted by atomic mass is 35.5. The van der Waals surface area contributed by atoms with E-state index in [0.717, 1.165) is 0 Å². The van der Waals surface area contributed by atoms with Crippen LogP contribution in [-0.2, 0) is 9.84 Å². The van der Waals surface area contributed by atoms with Gasteiger partial charge in [0.1, 0.15) is 11.5 Å². The van der Waals surface area contributed by atoms with Crippen molar-refractivity contribution in [3.63, 3.8) is 0 Å². The van der Waals surface area contributed by atoms with Crippen molar-refractivity contribution in [3.05, 3.63) is 46.5 Å². The minimum atomic E-state index is -3.87. The summed E-state index contributed by atoms with van der Waals surface area (Å²) in [6.07, 6.45) is 0. The van der Waals surface area contributed by atoms with Gasteiger partial charge < -0.3 is 9.47 Å². The van der Waals surface area contributed by atoms with Crippen molar-refractivity contribution in [3.8, 4) is 11.5 Å². The van der Waals surface area contributed by atoms with E-state index in [-0.39, 0.29) is 21.3 Å². The molecule has 0 amide bonds. The Kier molecular flexibility index (Phi) is 6.19. The molecule has 0 aliphatic carbocycles. The number of hydrogen-bond acceptors (Lipinski definition) is 6. The van der Waals surface area contributed by atoms with Crippen LogP contribution < -0.4 is 9.47 Å². The lowest BCUT2D eigenvalue weighted by molar-refractivity contribution is 0.224. The fourth-order valence-corrected chi connectivity index (χ4v) is 4.50. The Bertz CT molecular complexity index is 920. The third-order valence-corrected chi connectivity index (χ3v) is 5.72. The van der Waals surface area contributed by atoms with E-state index in [2.05, 4.69) is 0 Å². The van der Waals surface area contributed by atoms with Crippen molar-refractivity contribution < 1.29 is 27.5 Å². The summed E-state index contributed by atoms with van der Waals surface area (Å²) < 4.78 is 35.9. The second-order valence-corrected chi connectivity index (χ2v) is 8.52. The van der Waals surface area contributed by atoms with E-state index in [1.807, 2.05) is 0 Å². The number of rotatable bonds is 4. The van der Waals surface area contributed by atoms with Crippen LogP contribution in [-0.4, -0.2) is 19.3 Å². The first-order valence-corrected chi connectivity index (χ1v) is 9.89. The normalized spacial score (nSPS) is 11.2. The fraction of sp³-hybridized carbons (Fsp3) is 0.222. The van der Waals surface area contributed by atoms with Gasteiger partial charge in [-0.2, -0.15) is 0 Å². The number of hydrogen-bond donors (Lipinski definition) is 0. The highest BCUT2D eigenvalue weighted by Crippen LogP contribution is 2.33. The van der Waals surface area contributed by atoms with Gasteiger partial charge in [-0.3, -0.25) is 0 Å². The van der Waals surface area contributed by atoms with Gasteiger partial charge in [-0.25, -0.2) is 18.0 Å². The van der Waals surface area contributed by atoms with E-state index >= 15 is 0 Å². The molecule has 0 N–H and O–H groups in total. The van der Waals surface area contributed by atoms with Crippen LogP contribution >= 0.6 is 23.2 Å². The van der Waals surface area contributed by atoms with Crippen LogP contribution in [0.1, 0.15) is 22.3 Å². The maximum Gasteiger partial charge on any atom is 0.409 e. The number of ether oxygens (including phenoxy) is 2. The first-order valence-electron chi connectivity index (χ1n) is 7.65. The number of aryl methyl sites for hydroxylation is 4. The molecule has 0 aliphatic rings. The molecule has 0 heterocycles. The summed E-state index contributed by atoms with van der Waals surface area (Å²) in [5.41, 5.74) is -0.222. The largest absolute Gasteiger partial charge is 0.414 e. The van der Waals surface area contributed by atoms with Gasteiger partial charge in [-0.1, -0.05) is 0 Å². The summed E-state index contributed by atoms with van der Waals surface area (Å²) in [4.78, 5) is 22.0. The standard InChI is InChI=1S/C18H16Cl2O6S/c1-9-5-13(6-10(2)15(9)25-17(19)21)27(23,24)14-7-11(3)16(12(4)8-14)26-18(20)22/h5-8H,1-4H3. The van der Waals surface area contributed by atoms with Gasteiger partial charge in [0.05, 0.1) is 9.79 Å². The SMILES string of the molecule is Cc1cc(S(=O)(=O)c2cc(C)c(OC(=O)Cl)c(C)c2)cc(C)c1OC(=O)Cl. The topological polar surface area (TPSA) is 86.7 Å². The summed E-state index contributed by atoms with van der Waals surface area (Å²) in [6, 6.07) is 5.59. The van der Waals surface area contributed by atoms with Gasteiger partial charge in [0, 0.05) is 23.2 Å². The zero-order valence-electron chi connectivity index (χ0n) is 14.9. The Labute approximate surface area is 166 Å². The molecular weight excluding hydrogens is 415 g/mol. The number of halogens is 2. The fourth-order valence-electron chi connectivity index (χ4n) is 2.75. The minimum Gasteiger partial charge on any atom is -0.414 e. The monoisotopic (exact) mass is 430 g/mol. The molecule has 2 rings (SSSR count). The van der Waals surface area contributed by atoms with E-state index < -0.39 is 20.7 Å². The van der Waals surface area contributed by atoms with Gasteiger partial charge in [0.2, 0.25) is 9.84 Å². The number of carbonyl (C=O) groups excluding carboxylic acids is 2. The molecule has 0 saturated carbocycles. The highest BCUT2D eigenvalue weighted by Gasteiger charge is 2.23. The lowest BCUT2D eigenvalue weighted by Crippen LogP contribution is -2.08. The highest BCUT2D eigenvalue weighted by molar-refractivity contribution is 7.91. The van der Waals surface area contributed by atoms with Gasteiger partial charge in [-0.15, -0.1) is 0 Å². The van der Waals surface area contributed by atoms with Gasteiger partial charge >= 0.3 is 10.9 Å². The maximum atomic E-state index is 13.0. The van der Waals surface area contributed by atoms with Crippen molar-refractivity contribution in [2.45, 2.75) is 37.5 Å². The van der Waals surface area contributed by atoms with E-state index in [1.165, 1.54) is 24.3 Å². The molecule has 6 nitrogen and oxygen atoms in total. The second-order valence-electron chi connectivity index (χ2n) is 5.96. The van der Waals surface area contributed by atoms with Crippen LogP contribution in [0.3, 0.4) is 0 Å². The Morgan fingerprint density at radius 1 is 0.704 bits per heavy atom. The zero-order valence-corrected chi connectivity index (χ0v) is 17.3. The first-order chi connectivity index (χ1) is 12.4. The Morgan fingerprint density at radius 3 is 1.19 bits per heavy atom. The Hall–Kier alpha value is -2.09. The summed E-state index contributed by atoms with van der Waals surface area (Å²) in [5.74, 6) is 0.427. The molecular formula is C18H16Cl2O6S. The van der Waals surface area contributed by atoms with Crippen LogP contribution in [0.25, 0.3) is 0 Å². The smallest absolute Gasteiger partial charge is 0.409 e. The van der Waals surface area contributed by atoms with Crippen molar-refractivity contribution >= 4 is 43.9 Å². The molecule has 2 aromatic rings. The molecule has 0 saturated heterocycles. The summed E-state index contributed by atoms with van der Waals surface area (Å²) in [7, 11) is -3.87. The Balaban J connectivity index is 2.56. The predicted octanol–water partition coefficient (Wildman–Crippen LogP) is 5.23. The van der Waals surface area contributed by atoms with Crippen molar-refractivity contribution in [2.75, 3.05) is 0 Å². The van der Waals surface area contributed by atoms with Crippen LogP contribution in [0.2, 0.25) is 0 Å². The number of benzene rings is 2.